The molecule has 3 N–H and O–H groups in total. The number of para-hydroxylation sites is 1. The quantitative estimate of drug-likeness (QED) is 0.614. The zero-order chi connectivity index (χ0) is 17.2. The van der Waals surface area contributed by atoms with Gasteiger partial charge >= 0.3 is 0 Å². The molecule has 0 amide bonds. The van der Waals surface area contributed by atoms with Crippen LogP contribution in [0.1, 0.15) is 50.2 Å². The van der Waals surface area contributed by atoms with Gasteiger partial charge in [-0.3, -0.25) is 4.79 Å². The number of unbranched alkanes of at least 4 members (excludes halogenated alkanes) is 1. The number of benzene rings is 1. The van der Waals surface area contributed by atoms with Gasteiger partial charge in [-0.05, 0) is 50.2 Å². The molecule has 4 nitrogen and oxygen atoms in total. The highest BCUT2D eigenvalue weighted by molar-refractivity contribution is 5.83. The Balaban J connectivity index is 2.22. The molecule has 0 radical (unpaired) electrons. The van der Waals surface area contributed by atoms with Gasteiger partial charge in [0.15, 0.2) is 0 Å². The molecule has 1 aromatic carbocycles. The van der Waals surface area contributed by atoms with E-state index in [4.69, 9.17) is 15.6 Å². The summed E-state index contributed by atoms with van der Waals surface area (Å²) in [6.45, 7) is 6.97. The molecule has 0 bridgehead atoms. The van der Waals surface area contributed by atoms with Crippen molar-refractivity contribution in [2.45, 2.75) is 58.9 Å². The molecule has 23 heavy (non-hydrogen) atoms. The molecule has 0 saturated carbocycles. The van der Waals surface area contributed by atoms with E-state index in [1.165, 1.54) is 11.1 Å². The van der Waals surface area contributed by atoms with Crippen LogP contribution < -0.4 is 10.5 Å². The Morgan fingerprint density at radius 3 is 2.48 bits per heavy atom. The Morgan fingerprint density at radius 1 is 1.22 bits per heavy atom. The van der Waals surface area contributed by atoms with E-state index in [1.54, 1.807) is 0 Å². The molecular formula is C19H31NO3. The van der Waals surface area contributed by atoms with E-state index in [9.17, 15) is 4.79 Å². The summed E-state index contributed by atoms with van der Waals surface area (Å²) in [7, 11) is 0. The van der Waals surface area contributed by atoms with E-state index in [2.05, 4.69) is 32.9 Å². The molecule has 0 aliphatic carbocycles. The first-order chi connectivity index (χ1) is 11.0. The highest BCUT2D eigenvalue weighted by Gasteiger charge is 2.12. The van der Waals surface area contributed by atoms with Gasteiger partial charge in [-0.2, -0.15) is 0 Å². The van der Waals surface area contributed by atoms with E-state index in [0.717, 1.165) is 25.0 Å². The zero-order valence-corrected chi connectivity index (χ0v) is 14.7. The zero-order valence-electron chi connectivity index (χ0n) is 14.7. The summed E-state index contributed by atoms with van der Waals surface area (Å²) >= 11 is 0. The number of aryl methyl sites for hydroxylation is 2. The number of aliphatic hydroxyl groups excluding tert-OH is 1. The molecule has 0 aromatic heterocycles. The number of Topliss-reactive ketones (excluding diaryl/α,β-unsaturated/α-hetero) is 1. The first kappa shape index (κ1) is 19.7. The second-order valence-corrected chi connectivity index (χ2v) is 6.47. The van der Waals surface area contributed by atoms with Gasteiger partial charge in [-0.15, -0.1) is 0 Å². The van der Waals surface area contributed by atoms with E-state index in [-0.39, 0.29) is 12.4 Å². The second kappa shape index (κ2) is 10.4. The minimum Gasteiger partial charge on any atom is -0.493 e. The lowest BCUT2D eigenvalue weighted by atomic mass is 10.0. The van der Waals surface area contributed by atoms with Crippen molar-refractivity contribution in [2.75, 3.05) is 13.2 Å². The molecule has 0 fully saturated rings. The van der Waals surface area contributed by atoms with Gasteiger partial charge in [0.1, 0.15) is 11.5 Å². The predicted molar refractivity (Wildman–Crippen MR) is 93.7 cm³/mol. The molecule has 130 valence electrons. The van der Waals surface area contributed by atoms with Crippen molar-refractivity contribution in [3.8, 4) is 5.75 Å². The molecular weight excluding hydrogens is 290 g/mol. The molecule has 4 heteroatoms. The summed E-state index contributed by atoms with van der Waals surface area (Å²) in [4.78, 5) is 11.7. The fourth-order valence-corrected chi connectivity index (χ4v) is 2.61. The minimum absolute atomic E-state index is 0.0282. The van der Waals surface area contributed by atoms with Crippen molar-refractivity contribution in [2.24, 2.45) is 11.7 Å². The summed E-state index contributed by atoms with van der Waals surface area (Å²) in [6, 6.07) is 5.66. The Morgan fingerprint density at radius 2 is 1.87 bits per heavy atom. The van der Waals surface area contributed by atoms with Gasteiger partial charge < -0.3 is 15.6 Å². The number of rotatable bonds is 11. The van der Waals surface area contributed by atoms with Gasteiger partial charge in [-0.1, -0.05) is 31.5 Å². The first-order valence-electron chi connectivity index (χ1n) is 8.53. The smallest absolute Gasteiger partial charge is 0.149 e. The van der Waals surface area contributed by atoms with Gasteiger partial charge in [0.2, 0.25) is 0 Å². The molecule has 0 aliphatic heterocycles. The van der Waals surface area contributed by atoms with Crippen LogP contribution in [0.2, 0.25) is 0 Å². The molecule has 0 saturated heterocycles. The first-order valence-corrected chi connectivity index (χ1v) is 8.53. The van der Waals surface area contributed by atoms with Crippen LogP contribution in [0.4, 0.5) is 0 Å². The number of hydrogen-bond donors (Lipinski definition) is 2. The summed E-state index contributed by atoms with van der Waals surface area (Å²) in [5.74, 6) is 1.50. The minimum atomic E-state index is -0.509. The van der Waals surface area contributed by atoms with Crippen molar-refractivity contribution in [1.82, 2.24) is 0 Å². The van der Waals surface area contributed by atoms with E-state index >= 15 is 0 Å². The average Bonchev–Trinajstić information content (AvgIpc) is 2.51. The lowest BCUT2D eigenvalue weighted by molar-refractivity contribution is -0.120. The van der Waals surface area contributed by atoms with E-state index < -0.39 is 6.04 Å². The largest absolute Gasteiger partial charge is 0.493 e. The van der Waals surface area contributed by atoms with Crippen molar-refractivity contribution in [3.05, 3.63) is 29.3 Å². The van der Waals surface area contributed by atoms with Crippen LogP contribution in [0.5, 0.6) is 5.75 Å². The average molecular weight is 321 g/mol. The maximum absolute atomic E-state index is 11.7. The van der Waals surface area contributed by atoms with Crippen molar-refractivity contribution < 1.29 is 14.6 Å². The third-order valence-electron chi connectivity index (χ3n) is 4.14. The Bertz CT molecular complexity index is 467. The highest BCUT2D eigenvalue weighted by Crippen LogP contribution is 2.23. The van der Waals surface area contributed by atoms with Crippen LogP contribution >= 0.6 is 0 Å². The van der Waals surface area contributed by atoms with Gasteiger partial charge in [0.05, 0.1) is 12.6 Å². The number of carbonyl (C=O) groups is 1. The highest BCUT2D eigenvalue weighted by atomic mass is 16.5. The fraction of sp³-hybridized carbons (Fsp3) is 0.632. The molecule has 0 spiro atoms. The summed E-state index contributed by atoms with van der Waals surface area (Å²) in [5, 5.41) is 8.78. The molecule has 2 atom stereocenters. The number of ketones is 1. The van der Waals surface area contributed by atoms with Crippen LogP contribution in [0.3, 0.4) is 0 Å². The third kappa shape index (κ3) is 7.14. The summed E-state index contributed by atoms with van der Waals surface area (Å²) in [5.41, 5.74) is 8.02. The number of carbonyl (C=O) groups excluding carboxylic acids is 1. The van der Waals surface area contributed by atoms with E-state index in [0.29, 0.717) is 25.4 Å². The van der Waals surface area contributed by atoms with Crippen molar-refractivity contribution in [3.63, 3.8) is 0 Å². The fourth-order valence-electron chi connectivity index (χ4n) is 2.61. The van der Waals surface area contributed by atoms with Crippen molar-refractivity contribution in [1.29, 1.82) is 0 Å². The SMILES string of the molecule is Cc1cccc(C)c1OCC(C)CCCCC(=O)C(N)CCO. The third-order valence-corrected chi connectivity index (χ3v) is 4.14. The van der Waals surface area contributed by atoms with Crippen LogP contribution in [0.15, 0.2) is 18.2 Å². The van der Waals surface area contributed by atoms with Gasteiger partial charge in [0.25, 0.3) is 0 Å². The molecule has 1 aromatic rings. The lowest BCUT2D eigenvalue weighted by Gasteiger charge is -2.16. The summed E-state index contributed by atoms with van der Waals surface area (Å²) in [6.07, 6.45) is 3.75. The standard InChI is InChI=1S/C19H31NO3/c1-14(7-4-5-10-18(22)17(20)11-12-21)13-23-19-15(2)8-6-9-16(19)3/h6,8-9,14,17,21H,4-5,7,10-13,20H2,1-3H3. The van der Waals surface area contributed by atoms with Gasteiger partial charge in [0, 0.05) is 13.0 Å². The number of ether oxygens (including phenoxy) is 1. The van der Waals surface area contributed by atoms with Crippen LogP contribution in [-0.4, -0.2) is 30.1 Å². The van der Waals surface area contributed by atoms with Crippen LogP contribution in [0.25, 0.3) is 0 Å². The Hall–Kier alpha value is -1.39. The molecule has 0 heterocycles. The monoisotopic (exact) mass is 321 g/mol. The van der Waals surface area contributed by atoms with Crippen LogP contribution in [-0.2, 0) is 4.79 Å². The normalized spacial score (nSPS) is 13.6. The Kier molecular flexibility index (Phi) is 8.89. The second-order valence-electron chi connectivity index (χ2n) is 6.47. The molecule has 2 unspecified atom stereocenters. The summed E-state index contributed by atoms with van der Waals surface area (Å²) < 4.78 is 5.96. The number of nitrogens with two attached hydrogens (primary N) is 1. The maximum Gasteiger partial charge on any atom is 0.149 e. The van der Waals surface area contributed by atoms with E-state index in [1.807, 2.05) is 6.07 Å². The number of hydrogen-bond acceptors (Lipinski definition) is 4. The van der Waals surface area contributed by atoms with Gasteiger partial charge in [-0.25, -0.2) is 0 Å². The van der Waals surface area contributed by atoms with Crippen molar-refractivity contribution >= 4 is 5.78 Å². The maximum atomic E-state index is 11.7. The number of aliphatic hydroxyl groups is 1. The molecule has 1 rings (SSSR count). The van der Waals surface area contributed by atoms with Crippen LogP contribution in [0, 0.1) is 19.8 Å². The topological polar surface area (TPSA) is 72.5 Å². The molecule has 0 aliphatic rings. The predicted octanol–water partition coefficient (Wildman–Crippen LogP) is 3.16. The lowest BCUT2D eigenvalue weighted by Crippen LogP contribution is -2.31. The Labute approximate surface area is 140 Å².